The van der Waals surface area contributed by atoms with Crippen molar-refractivity contribution < 1.29 is 9.90 Å². The van der Waals surface area contributed by atoms with Gasteiger partial charge in [0.2, 0.25) is 0 Å². The fourth-order valence-electron chi connectivity index (χ4n) is 2.83. The lowest BCUT2D eigenvalue weighted by atomic mass is 9.98. The van der Waals surface area contributed by atoms with Gasteiger partial charge in [-0.25, -0.2) is 4.79 Å². The molecule has 0 radical (unpaired) electrons. The van der Waals surface area contributed by atoms with E-state index in [4.69, 9.17) is 16.7 Å². The number of hydrogen-bond acceptors (Lipinski definition) is 3. The smallest absolute Gasteiger partial charge is 0.335 e. The third-order valence-corrected chi connectivity index (χ3v) is 5.89. The number of carbonyl (C=O) groups is 1. The average molecular weight is 398 g/mol. The quantitative estimate of drug-likeness (QED) is 0.467. The Morgan fingerprint density at radius 3 is 2.37 bits per heavy atom. The van der Waals surface area contributed by atoms with E-state index in [1.54, 1.807) is 24.1 Å². The van der Waals surface area contributed by atoms with E-state index in [1.807, 2.05) is 50.2 Å². The number of aromatic carboxylic acids is 1. The van der Waals surface area contributed by atoms with E-state index < -0.39 is 5.97 Å². The van der Waals surface area contributed by atoms with Crippen molar-refractivity contribution in [1.29, 1.82) is 0 Å². The molecule has 0 saturated carbocycles. The van der Waals surface area contributed by atoms with Gasteiger partial charge in [-0.15, -0.1) is 0 Å². The molecule has 3 rings (SSSR count). The van der Waals surface area contributed by atoms with Crippen LogP contribution in [-0.2, 0) is 0 Å². The first-order chi connectivity index (χ1) is 12.9. The van der Waals surface area contributed by atoms with E-state index in [0.717, 1.165) is 43.4 Å². The van der Waals surface area contributed by atoms with Gasteiger partial charge in [0.25, 0.3) is 0 Å². The van der Waals surface area contributed by atoms with Crippen molar-refractivity contribution in [3.8, 4) is 11.1 Å². The summed E-state index contributed by atoms with van der Waals surface area (Å²) in [6.45, 7) is 6.10. The van der Waals surface area contributed by atoms with Crippen LogP contribution in [0.15, 0.2) is 59.5 Å². The van der Waals surface area contributed by atoms with Gasteiger partial charge in [0, 0.05) is 15.6 Å². The molecule has 0 fully saturated rings. The van der Waals surface area contributed by atoms with Gasteiger partial charge in [-0.1, -0.05) is 35.9 Å². The van der Waals surface area contributed by atoms with Crippen molar-refractivity contribution in [2.45, 2.75) is 25.7 Å². The maximum absolute atomic E-state index is 11.0. The second-order valence-electron chi connectivity index (χ2n) is 6.43. The minimum atomic E-state index is -0.918. The molecule has 3 aromatic rings. The molecule has 0 saturated heterocycles. The van der Waals surface area contributed by atoms with Crippen molar-refractivity contribution >= 4 is 35.2 Å². The molecule has 0 bridgehead atoms. The summed E-state index contributed by atoms with van der Waals surface area (Å²) in [5, 5.41) is 9.84. The number of hydrogen-bond donors (Lipinski definition) is 2. The Kier molecular flexibility index (Phi) is 5.78. The lowest BCUT2D eigenvalue weighted by Crippen LogP contribution is -1.96. The summed E-state index contributed by atoms with van der Waals surface area (Å²) in [6.07, 6.45) is 0. The summed E-state index contributed by atoms with van der Waals surface area (Å²) in [6, 6.07) is 17.1. The third-order valence-electron chi connectivity index (χ3n) is 4.50. The molecule has 0 aliphatic heterocycles. The summed E-state index contributed by atoms with van der Waals surface area (Å²) in [4.78, 5) is 12.2. The van der Waals surface area contributed by atoms with Crippen LogP contribution in [0.4, 0.5) is 5.69 Å². The molecule has 0 atom stereocenters. The van der Waals surface area contributed by atoms with E-state index in [-0.39, 0.29) is 5.56 Å². The van der Waals surface area contributed by atoms with Crippen LogP contribution in [0.3, 0.4) is 0 Å². The number of aryl methyl sites for hydroxylation is 2. The second-order valence-corrected chi connectivity index (χ2v) is 7.69. The molecular weight excluding hydrogens is 378 g/mol. The standard InChI is InChI=1S/C22H20ClNO2S/c1-13-12-21(14(2)11-19(13)23)27-24-20-6-4-5-18(15(20)3)16-7-9-17(10-8-16)22(25)26/h4-12,24H,1-3H3,(H,25,26). The number of anilines is 1. The molecule has 3 aromatic carbocycles. The molecule has 0 heterocycles. The van der Waals surface area contributed by atoms with Crippen molar-refractivity contribution in [1.82, 2.24) is 0 Å². The van der Waals surface area contributed by atoms with E-state index in [1.165, 1.54) is 0 Å². The zero-order valence-electron chi connectivity index (χ0n) is 15.3. The van der Waals surface area contributed by atoms with Gasteiger partial charge >= 0.3 is 5.97 Å². The lowest BCUT2D eigenvalue weighted by Gasteiger charge is -2.14. The molecule has 138 valence electrons. The number of benzene rings is 3. The zero-order chi connectivity index (χ0) is 19.6. The number of nitrogens with one attached hydrogen (secondary N) is 1. The largest absolute Gasteiger partial charge is 0.478 e. The fourth-order valence-corrected chi connectivity index (χ4v) is 3.94. The predicted molar refractivity (Wildman–Crippen MR) is 114 cm³/mol. The molecule has 0 aliphatic rings. The van der Waals surface area contributed by atoms with Crippen LogP contribution < -0.4 is 4.72 Å². The SMILES string of the molecule is Cc1cc(SNc2cccc(-c3ccc(C(=O)O)cc3)c2C)c(C)cc1Cl. The minimum absolute atomic E-state index is 0.287. The molecule has 27 heavy (non-hydrogen) atoms. The van der Waals surface area contributed by atoms with E-state index >= 15 is 0 Å². The van der Waals surface area contributed by atoms with Gasteiger partial charge in [-0.2, -0.15) is 0 Å². The van der Waals surface area contributed by atoms with Crippen LogP contribution in [0.2, 0.25) is 5.02 Å². The van der Waals surface area contributed by atoms with Crippen LogP contribution in [0, 0.1) is 20.8 Å². The van der Waals surface area contributed by atoms with E-state index in [0.29, 0.717) is 0 Å². The van der Waals surface area contributed by atoms with Crippen LogP contribution in [0.5, 0.6) is 0 Å². The third kappa shape index (κ3) is 4.29. The molecule has 0 unspecified atom stereocenters. The molecule has 5 heteroatoms. The maximum Gasteiger partial charge on any atom is 0.335 e. The first-order valence-electron chi connectivity index (χ1n) is 8.50. The summed E-state index contributed by atoms with van der Waals surface area (Å²) in [5.41, 5.74) is 6.65. The summed E-state index contributed by atoms with van der Waals surface area (Å²) in [7, 11) is 0. The van der Waals surface area contributed by atoms with Crippen LogP contribution in [0.1, 0.15) is 27.0 Å². The molecular formula is C22H20ClNO2S. The first-order valence-corrected chi connectivity index (χ1v) is 9.69. The predicted octanol–water partition coefficient (Wildman–Crippen LogP) is 6.75. The van der Waals surface area contributed by atoms with Gasteiger partial charge in [0.05, 0.1) is 5.56 Å². The first kappa shape index (κ1) is 19.3. The average Bonchev–Trinajstić information content (AvgIpc) is 2.64. The molecule has 0 amide bonds. The lowest BCUT2D eigenvalue weighted by molar-refractivity contribution is 0.0697. The van der Waals surface area contributed by atoms with Gasteiger partial charge in [0.15, 0.2) is 0 Å². The summed E-state index contributed by atoms with van der Waals surface area (Å²) < 4.78 is 3.44. The Morgan fingerprint density at radius 2 is 1.70 bits per heavy atom. The molecule has 0 aliphatic carbocycles. The molecule has 3 nitrogen and oxygen atoms in total. The van der Waals surface area contributed by atoms with Crippen LogP contribution in [0.25, 0.3) is 11.1 Å². The second kappa shape index (κ2) is 8.07. The fraction of sp³-hybridized carbons (Fsp3) is 0.136. The monoisotopic (exact) mass is 397 g/mol. The van der Waals surface area contributed by atoms with Gasteiger partial charge in [-0.3, -0.25) is 0 Å². The highest BCUT2D eigenvalue weighted by Crippen LogP contribution is 2.33. The van der Waals surface area contributed by atoms with E-state index in [2.05, 4.69) is 17.7 Å². The molecule has 0 spiro atoms. The Balaban J connectivity index is 1.85. The number of halogens is 1. The zero-order valence-corrected chi connectivity index (χ0v) is 16.9. The van der Waals surface area contributed by atoms with Crippen molar-refractivity contribution in [3.05, 3.63) is 81.9 Å². The van der Waals surface area contributed by atoms with E-state index in [9.17, 15) is 4.79 Å². The van der Waals surface area contributed by atoms with Crippen LogP contribution in [-0.4, -0.2) is 11.1 Å². The topological polar surface area (TPSA) is 49.3 Å². The number of carboxylic acids is 1. The minimum Gasteiger partial charge on any atom is -0.478 e. The maximum atomic E-state index is 11.0. The normalized spacial score (nSPS) is 10.7. The Labute approximate surface area is 168 Å². The highest BCUT2D eigenvalue weighted by atomic mass is 35.5. The Hall–Kier alpha value is -2.43. The molecule has 2 N–H and O–H groups in total. The highest BCUT2D eigenvalue weighted by Gasteiger charge is 2.09. The number of rotatable bonds is 5. The summed E-state index contributed by atoms with van der Waals surface area (Å²) in [5.74, 6) is -0.918. The summed E-state index contributed by atoms with van der Waals surface area (Å²) >= 11 is 7.74. The highest BCUT2D eigenvalue weighted by molar-refractivity contribution is 8.00. The van der Waals surface area contributed by atoms with Gasteiger partial charge in [-0.05, 0) is 90.9 Å². The van der Waals surface area contributed by atoms with Crippen molar-refractivity contribution in [2.24, 2.45) is 0 Å². The Morgan fingerprint density at radius 1 is 1.00 bits per heavy atom. The van der Waals surface area contributed by atoms with Crippen LogP contribution >= 0.6 is 23.5 Å². The van der Waals surface area contributed by atoms with Gasteiger partial charge in [0.1, 0.15) is 0 Å². The van der Waals surface area contributed by atoms with Gasteiger partial charge < -0.3 is 9.83 Å². The van der Waals surface area contributed by atoms with Crippen molar-refractivity contribution in [3.63, 3.8) is 0 Å². The molecule has 0 aromatic heterocycles. The van der Waals surface area contributed by atoms with Crippen molar-refractivity contribution in [2.75, 3.05) is 4.72 Å². The Bertz CT molecular complexity index is 1000. The number of carboxylic acid groups (broad SMARTS) is 1.